The average molecular weight is 210 g/mol. The van der Waals surface area contributed by atoms with Gasteiger partial charge in [0.15, 0.2) is 0 Å². The molecule has 0 heterocycles. The van der Waals surface area contributed by atoms with E-state index in [1.807, 2.05) is 6.92 Å². The third kappa shape index (κ3) is 13.4. The smallest absolute Gasteiger partial charge is 0.0431 e. The Hall–Kier alpha value is -0.560. The number of aliphatic hydroxyl groups is 1. The Morgan fingerprint density at radius 1 is 0.800 bits per heavy atom. The Bertz CT molecular complexity index is 159. The molecule has 88 valence electrons. The molecule has 0 aromatic heterocycles. The Kier molecular flexibility index (Phi) is 12.9. The van der Waals surface area contributed by atoms with Crippen molar-refractivity contribution < 1.29 is 5.11 Å². The minimum absolute atomic E-state index is 0.357. The van der Waals surface area contributed by atoms with Gasteiger partial charge in [0.25, 0.3) is 0 Å². The second-order valence-electron chi connectivity index (χ2n) is 3.94. The summed E-state index contributed by atoms with van der Waals surface area (Å²) in [6.07, 6.45) is 18.5. The molecule has 0 fully saturated rings. The molecule has 0 aliphatic carbocycles. The first kappa shape index (κ1) is 14.4. The van der Waals surface area contributed by atoms with Crippen LogP contribution in [0.1, 0.15) is 58.3 Å². The molecule has 0 saturated heterocycles. The Morgan fingerprint density at radius 2 is 1.40 bits per heavy atom. The highest BCUT2D eigenvalue weighted by Crippen LogP contribution is 2.08. The lowest BCUT2D eigenvalue weighted by molar-refractivity contribution is 0.282. The summed E-state index contributed by atoms with van der Waals surface area (Å²) in [5, 5.41) is 8.60. The van der Waals surface area contributed by atoms with Crippen LogP contribution in [0.15, 0.2) is 24.3 Å². The van der Waals surface area contributed by atoms with E-state index in [0.29, 0.717) is 6.61 Å². The lowest BCUT2D eigenvalue weighted by atomic mass is 10.1. The Morgan fingerprint density at radius 3 is 2.00 bits per heavy atom. The van der Waals surface area contributed by atoms with E-state index in [1.165, 1.54) is 44.9 Å². The van der Waals surface area contributed by atoms with Crippen molar-refractivity contribution in [2.24, 2.45) is 0 Å². The fourth-order valence-electron chi connectivity index (χ4n) is 1.54. The van der Waals surface area contributed by atoms with Crippen LogP contribution in [-0.4, -0.2) is 11.7 Å². The number of hydrogen-bond donors (Lipinski definition) is 1. The quantitative estimate of drug-likeness (QED) is 0.422. The monoisotopic (exact) mass is 210 g/mol. The van der Waals surface area contributed by atoms with Crippen molar-refractivity contribution in [1.82, 2.24) is 0 Å². The molecule has 1 N–H and O–H groups in total. The fourth-order valence-corrected chi connectivity index (χ4v) is 1.54. The van der Waals surface area contributed by atoms with E-state index in [4.69, 9.17) is 5.11 Å². The van der Waals surface area contributed by atoms with Crippen molar-refractivity contribution >= 4 is 0 Å². The van der Waals surface area contributed by atoms with Crippen LogP contribution >= 0.6 is 0 Å². The minimum atomic E-state index is 0.357. The second-order valence-corrected chi connectivity index (χ2v) is 3.94. The number of aliphatic hydroxyl groups excluding tert-OH is 1. The van der Waals surface area contributed by atoms with Gasteiger partial charge < -0.3 is 5.11 Å². The molecule has 0 aromatic rings. The van der Waals surface area contributed by atoms with Gasteiger partial charge in [-0.1, -0.05) is 56.4 Å². The summed E-state index contributed by atoms with van der Waals surface area (Å²) in [7, 11) is 0. The van der Waals surface area contributed by atoms with E-state index < -0.39 is 0 Å². The second kappa shape index (κ2) is 13.4. The van der Waals surface area contributed by atoms with Crippen LogP contribution in [0.3, 0.4) is 0 Å². The Balaban J connectivity index is 2.98. The molecule has 0 bridgehead atoms. The standard InChI is InChI=1S/C14H26O/c1-2-3-4-5-6-7-8-9-10-11-12-13-14-15/h2-5,15H,6-14H2,1H3/b3-2?,5-4-. The molecule has 0 radical (unpaired) electrons. The van der Waals surface area contributed by atoms with E-state index in [2.05, 4.69) is 24.3 Å². The highest BCUT2D eigenvalue weighted by Gasteiger charge is 1.90. The molecule has 0 spiro atoms. The summed E-state index contributed by atoms with van der Waals surface area (Å²) in [5.41, 5.74) is 0. The molecular formula is C14H26O. The van der Waals surface area contributed by atoms with Crippen LogP contribution in [0, 0.1) is 0 Å². The van der Waals surface area contributed by atoms with Gasteiger partial charge in [-0.25, -0.2) is 0 Å². The van der Waals surface area contributed by atoms with Gasteiger partial charge >= 0.3 is 0 Å². The van der Waals surface area contributed by atoms with Gasteiger partial charge in [0.05, 0.1) is 0 Å². The minimum Gasteiger partial charge on any atom is -0.396 e. The van der Waals surface area contributed by atoms with Crippen molar-refractivity contribution in [3.05, 3.63) is 24.3 Å². The van der Waals surface area contributed by atoms with Gasteiger partial charge in [0, 0.05) is 6.61 Å². The zero-order chi connectivity index (χ0) is 11.2. The van der Waals surface area contributed by atoms with Gasteiger partial charge in [-0.15, -0.1) is 0 Å². The van der Waals surface area contributed by atoms with Crippen LogP contribution in [0.2, 0.25) is 0 Å². The van der Waals surface area contributed by atoms with Crippen molar-refractivity contribution in [2.45, 2.75) is 58.3 Å². The summed E-state index contributed by atoms with van der Waals surface area (Å²) in [6.45, 7) is 2.40. The molecule has 1 nitrogen and oxygen atoms in total. The van der Waals surface area contributed by atoms with Gasteiger partial charge in [-0.05, 0) is 26.2 Å². The largest absolute Gasteiger partial charge is 0.396 e. The summed E-state index contributed by atoms with van der Waals surface area (Å²) in [5.74, 6) is 0. The van der Waals surface area contributed by atoms with Crippen molar-refractivity contribution in [3.8, 4) is 0 Å². The van der Waals surface area contributed by atoms with Crippen LogP contribution in [0.4, 0.5) is 0 Å². The molecule has 0 unspecified atom stereocenters. The molecular weight excluding hydrogens is 184 g/mol. The average Bonchev–Trinajstić information content (AvgIpc) is 2.26. The lowest BCUT2D eigenvalue weighted by Crippen LogP contribution is -1.83. The summed E-state index contributed by atoms with van der Waals surface area (Å²) < 4.78 is 0. The SMILES string of the molecule is CC=C/C=C\CCCCCCCCCO. The van der Waals surface area contributed by atoms with E-state index in [0.717, 1.165) is 6.42 Å². The first-order valence-corrected chi connectivity index (χ1v) is 6.30. The zero-order valence-corrected chi connectivity index (χ0v) is 10.1. The number of hydrogen-bond acceptors (Lipinski definition) is 1. The molecule has 1 heteroatoms. The summed E-state index contributed by atoms with van der Waals surface area (Å²) >= 11 is 0. The van der Waals surface area contributed by atoms with Crippen LogP contribution < -0.4 is 0 Å². The molecule has 0 aliphatic heterocycles. The normalized spacial score (nSPS) is 11.9. The fraction of sp³-hybridized carbons (Fsp3) is 0.714. The van der Waals surface area contributed by atoms with Gasteiger partial charge in [0.1, 0.15) is 0 Å². The maximum Gasteiger partial charge on any atom is 0.0431 e. The number of unbranched alkanes of at least 4 members (excludes halogenated alkanes) is 7. The van der Waals surface area contributed by atoms with Crippen LogP contribution in [0.5, 0.6) is 0 Å². The first-order chi connectivity index (χ1) is 7.41. The van der Waals surface area contributed by atoms with Crippen molar-refractivity contribution in [3.63, 3.8) is 0 Å². The maximum atomic E-state index is 8.60. The summed E-state index contributed by atoms with van der Waals surface area (Å²) in [6, 6.07) is 0. The molecule has 0 rings (SSSR count). The number of allylic oxidation sites excluding steroid dienone is 4. The topological polar surface area (TPSA) is 20.2 Å². The van der Waals surface area contributed by atoms with Crippen LogP contribution in [0.25, 0.3) is 0 Å². The molecule has 0 saturated carbocycles. The van der Waals surface area contributed by atoms with E-state index in [-0.39, 0.29) is 0 Å². The molecule has 0 atom stereocenters. The van der Waals surface area contributed by atoms with Gasteiger partial charge in [-0.3, -0.25) is 0 Å². The summed E-state index contributed by atoms with van der Waals surface area (Å²) in [4.78, 5) is 0. The zero-order valence-electron chi connectivity index (χ0n) is 10.1. The maximum absolute atomic E-state index is 8.60. The molecule has 0 aliphatic rings. The predicted molar refractivity (Wildman–Crippen MR) is 68.0 cm³/mol. The molecule has 0 amide bonds. The third-order valence-corrected chi connectivity index (χ3v) is 2.47. The molecule has 15 heavy (non-hydrogen) atoms. The van der Waals surface area contributed by atoms with Gasteiger partial charge in [-0.2, -0.15) is 0 Å². The lowest BCUT2D eigenvalue weighted by Gasteiger charge is -1.99. The van der Waals surface area contributed by atoms with Crippen LogP contribution in [-0.2, 0) is 0 Å². The predicted octanol–water partition coefficient (Wildman–Crippen LogP) is 4.23. The highest BCUT2D eigenvalue weighted by molar-refractivity contribution is 5.00. The third-order valence-electron chi connectivity index (χ3n) is 2.47. The van der Waals surface area contributed by atoms with E-state index in [1.54, 1.807) is 0 Å². The van der Waals surface area contributed by atoms with Crippen molar-refractivity contribution in [1.29, 1.82) is 0 Å². The Labute approximate surface area is 94.9 Å². The van der Waals surface area contributed by atoms with Crippen molar-refractivity contribution in [2.75, 3.05) is 6.61 Å². The highest BCUT2D eigenvalue weighted by atomic mass is 16.2. The molecule has 0 aromatic carbocycles. The van der Waals surface area contributed by atoms with E-state index in [9.17, 15) is 0 Å². The van der Waals surface area contributed by atoms with Gasteiger partial charge in [0.2, 0.25) is 0 Å². The number of rotatable bonds is 10. The first-order valence-electron chi connectivity index (χ1n) is 6.30. The van der Waals surface area contributed by atoms with E-state index >= 15 is 0 Å².